The summed E-state index contributed by atoms with van der Waals surface area (Å²) in [6, 6.07) is 7.88. The Balaban J connectivity index is 2.02. The van der Waals surface area contributed by atoms with E-state index in [0.717, 1.165) is 47.7 Å². The predicted octanol–water partition coefficient (Wildman–Crippen LogP) is 2.92. The van der Waals surface area contributed by atoms with Crippen LogP contribution in [0.1, 0.15) is 42.3 Å². The molecule has 1 aromatic carbocycles. The Morgan fingerprint density at radius 3 is 2.48 bits per heavy atom. The van der Waals surface area contributed by atoms with Gasteiger partial charge in [-0.3, -0.25) is 18.3 Å². The van der Waals surface area contributed by atoms with Crippen molar-refractivity contribution >= 4 is 16.9 Å². The smallest absolute Gasteiger partial charge is 0.314 e. The number of imidazole rings is 2. The maximum Gasteiger partial charge on any atom is 0.332 e. The monoisotopic (exact) mass is 393 g/mol. The number of fused-ring (bicyclic) bond motifs is 3. The summed E-state index contributed by atoms with van der Waals surface area (Å²) in [6.45, 7) is 9.29. The third-order valence-corrected chi connectivity index (χ3v) is 5.79. The second-order valence-electron chi connectivity index (χ2n) is 7.82. The van der Waals surface area contributed by atoms with Gasteiger partial charge in [-0.2, -0.15) is 4.98 Å². The van der Waals surface area contributed by atoms with Crippen molar-refractivity contribution in [2.75, 3.05) is 0 Å². The fourth-order valence-electron chi connectivity index (χ4n) is 4.03. The zero-order valence-electron chi connectivity index (χ0n) is 17.7. The van der Waals surface area contributed by atoms with Gasteiger partial charge in [0.05, 0.1) is 6.54 Å². The van der Waals surface area contributed by atoms with E-state index in [2.05, 4.69) is 18.4 Å². The second kappa shape index (κ2) is 7.06. The Kier molecular flexibility index (Phi) is 4.68. The molecule has 0 radical (unpaired) electrons. The molecule has 0 aliphatic carbocycles. The minimum atomic E-state index is -0.348. The Morgan fingerprint density at radius 2 is 1.79 bits per heavy atom. The van der Waals surface area contributed by atoms with Crippen LogP contribution < -0.4 is 11.2 Å². The van der Waals surface area contributed by atoms with E-state index in [-0.39, 0.29) is 17.8 Å². The minimum Gasteiger partial charge on any atom is -0.314 e. The summed E-state index contributed by atoms with van der Waals surface area (Å²) < 4.78 is 6.85. The van der Waals surface area contributed by atoms with Gasteiger partial charge < -0.3 is 4.57 Å². The van der Waals surface area contributed by atoms with Crippen LogP contribution in [0.2, 0.25) is 0 Å². The lowest BCUT2D eigenvalue weighted by atomic mass is 10.1. The van der Waals surface area contributed by atoms with E-state index in [0.29, 0.717) is 11.2 Å². The summed E-state index contributed by atoms with van der Waals surface area (Å²) >= 11 is 0. The average Bonchev–Trinajstić information content (AvgIpc) is 3.19. The van der Waals surface area contributed by atoms with Gasteiger partial charge in [-0.1, -0.05) is 43.2 Å². The van der Waals surface area contributed by atoms with Gasteiger partial charge in [0.1, 0.15) is 0 Å². The number of hydrogen-bond acceptors (Lipinski definition) is 3. The second-order valence-corrected chi connectivity index (χ2v) is 7.82. The molecule has 3 heterocycles. The molecule has 4 aromatic rings. The average molecular weight is 393 g/mol. The fraction of sp³-hybridized carbons (Fsp3) is 0.409. The van der Waals surface area contributed by atoms with Crippen molar-refractivity contribution in [2.45, 2.75) is 53.6 Å². The topological polar surface area (TPSA) is 66.2 Å². The van der Waals surface area contributed by atoms with E-state index in [4.69, 9.17) is 4.98 Å². The molecule has 0 unspecified atom stereocenters. The Labute approximate surface area is 168 Å². The lowest BCUT2D eigenvalue weighted by Crippen LogP contribution is -2.39. The molecule has 0 fully saturated rings. The van der Waals surface area contributed by atoms with Crippen LogP contribution in [-0.2, 0) is 20.1 Å². The molecule has 0 N–H and O–H groups in total. The van der Waals surface area contributed by atoms with Crippen molar-refractivity contribution in [3.63, 3.8) is 0 Å². The highest BCUT2D eigenvalue weighted by atomic mass is 16.2. The highest BCUT2D eigenvalue weighted by Crippen LogP contribution is 2.21. The van der Waals surface area contributed by atoms with Crippen LogP contribution in [0.4, 0.5) is 0 Å². The summed E-state index contributed by atoms with van der Waals surface area (Å²) in [7, 11) is 1.68. The van der Waals surface area contributed by atoms with Gasteiger partial charge in [-0.25, -0.2) is 4.79 Å². The number of nitrogens with zero attached hydrogens (tertiary/aromatic N) is 5. The maximum absolute atomic E-state index is 13.4. The highest BCUT2D eigenvalue weighted by Gasteiger charge is 2.22. The van der Waals surface area contributed by atoms with Crippen LogP contribution in [-0.4, -0.2) is 23.1 Å². The van der Waals surface area contributed by atoms with Crippen LogP contribution in [0.25, 0.3) is 16.9 Å². The lowest BCUT2D eigenvalue weighted by molar-refractivity contribution is 0.630. The van der Waals surface area contributed by atoms with Crippen LogP contribution in [0.3, 0.4) is 0 Å². The Bertz CT molecular complexity index is 1350. The molecule has 0 amide bonds. The Hall–Kier alpha value is -3.09. The quantitative estimate of drug-likeness (QED) is 0.524. The zero-order chi connectivity index (χ0) is 20.9. The molecule has 0 aliphatic rings. The first-order valence-electron chi connectivity index (χ1n) is 10.1. The van der Waals surface area contributed by atoms with Gasteiger partial charge >= 0.3 is 5.69 Å². The van der Waals surface area contributed by atoms with E-state index in [1.54, 1.807) is 7.05 Å². The van der Waals surface area contributed by atoms with E-state index < -0.39 is 0 Å². The van der Waals surface area contributed by atoms with E-state index in [9.17, 15) is 9.59 Å². The van der Waals surface area contributed by atoms with Gasteiger partial charge in [-0.15, -0.1) is 0 Å². The molecule has 0 spiro atoms. The first-order valence-corrected chi connectivity index (χ1v) is 10.1. The molecule has 7 nitrogen and oxygen atoms in total. The molecule has 4 rings (SSSR count). The number of unbranched alkanes of at least 4 members (excludes halogenated alkanes) is 1. The molecule has 3 aromatic heterocycles. The lowest BCUT2D eigenvalue weighted by Gasteiger charge is -2.09. The van der Waals surface area contributed by atoms with E-state index in [1.807, 2.05) is 42.5 Å². The first kappa shape index (κ1) is 19.2. The predicted molar refractivity (Wildman–Crippen MR) is 115 cm³/mol. The van der Waals surface area contributed by atoms with Crippen molar-refractivity contribution in [2.24, 2.45) is 7.05 Å². The summed E-state index contributed by atoms with van der Waals surface area (Å²) in [4.78, 5) is 31.1. The van der Waals surface area contributed by atoms with E-state index >= 15 is 0 Å². The number of hydrogen-bond donors (Lipinski definition) is 0. The van der Waals surface area contributed by atoms with Gasteiger partial charge in [0, 0.05) is 25.0 Å². The number of benzene rings is 1. The van der Waals surface area contributed by atoms with Gasteiger partial charge in [0.25, 0.3) is 5.56 Å². The summed E-state index contributed by atoms with van der Waals surface area (Å²) in [5.41, 5.74) is 4.36. The molecule has 7 heteroatoms. The summed E-state index contributed by atoms with van der Waals surface area (Å²) in [5, 5.41) is 0. The number of rotatable bonds is 5. The molecule has 152 valence electrons. The van der Waals surface area contributed by atoms with Crippen molar-refractivity contribution in [1.82, 2.24) is 23.1 Å². The third-order valence-electron chi connectivity index (χ3n) is 5.79. The highest BCUT2D eigenvalue weighted by molar-refractivity contribution is 5.76. The van der Waals surface area contributed by atoms with Gasteiger partial charge in [0.2, 0.25) is 5.78 Å². The van der Waals surface area contributed by atoms with Crippen LogP contribution in [0.5, 0.6) is 0 Å². The summed E-state index contributed by atoms with van der Waals surface area (Å²) in [6.07, 6.45) is 2.11. The maximum atomic E-state index is 13.4. The van der Waals surface area contributed by atoms with Crippen molar-refractivity contribution in [1.29, 1.82) is 0 Å². The first-order chi connectivity index (χ1) is 13.8. The molecule has 0 bridgehead atoms. The van der Waals surface area contributed by atoms with Gasteiger partial charge in [0.15, 0.2) is 11.2 Å². The normalized spacial score (nSPS) is 11.8. The molecule has 29 heavy (non-hydrogen) atoms. The largest absolute Gasteiger partial charge is 0.332 e. The molecule has 0 saturated heterocycles. The molecule has 0 atom stereocenters. The third kappa shape index (κ3) is 2.92. The van der Waals surface area contributed by atoms with Crippen LogP contribution >= 0.6 is 0 Å². The standard InChI is InChI=1S/C22H27N5O2/c1-6-7-11-25-15(3)16(4)27-18-19(23-21(25)27)24(5)22(29)26(20(18)28)13-17-10-8-9-14(2)12-17/h8-10,12H,6-7,11,13H2,1-5H3. The Morgan fingerprint density at radius 1 is 1.03 bits per heavy atom. The molecule has 0 saturated carbocycles. The van der Waals surface area contributed by atoms with E-state index in [1.165, 1.54) is 9.13 Å². The number of aryl methyl sites for hydroxylation is 4. The molecular weight excluding hydrogens is 366 g/mol. The van der Waals surface area contributed by atoms with Gasteiger partial charge in [-0.05, 0) is 32.8 Å². The molecule has 0 aliphatic heterocycles. The van der Waals surface area contributed by atoms with Crippen LogP contribution in [0.15, 0.2) is 33.9 Å². The van der Waals surface area contributed by atoms with Crippen molar-refractivity contribution in [3.05, 3.63) is 67.6 Å². The zero-order valence-corrected chi connectivity index (χ0v) is 17.7. The summed E-state index contributed by atoms with van der Waals surface area (Å²) in [5.74, 6) is 0.726. The van der Waals surface area contributed by atoms with Crippen molar-refractivity contribution < 1.29 is 0 Å². The molecular formula is C22H27N5O2. The van der Waals surface area contributed by atoms with Crippen molar-refractivity contribution in [3.8, 4) is 0 Å². The SMILES string of the molecule is CCCCn1c(C)c(C)n2c3c(=O)n(Cc4cccc(C)c4)c(=O)n(C)c3nc12. The van der Waals surface area contributed by atoms with Crippen LogP contribution in [0, 0.1) is 20.8 Å². The fourth-order valence-corrected chi connectivity index (χ4v) is 4.03. The minimum absolute atomic E-state index is 0.241. The number of aromatic nitrogens is 5.